The topological polar surface area (TPSA) is 13.1 Å². The van der Waals surface area contributed by atoms with Crippen LogP contribution in [0.1, 0.15) is 19.2 Å². The first-order chi connectivity index (χ1) is 31.1. The summed E-state index contributed by atoms with van der Waals surface area (Å²) in [6.45, 7) is 0. The fourth-order valence-corrected chi connectivity index (χ4v) is 7.60. The molecule has 0 aliphatic heterocycles. The molecule has 0 fully saturated rings. The zero-order chi connectivity index (χ0) is 45.7. The lowest BCUT2D eigenvalue weighted by atomic mass is 9.84. The van der Waals surface area contributed by atoms with E-state index in [1.165, 1.54) is 6.07 Å². The van der Waals surface area contributed by atoms with E-state index in [1.54, 1.807) is 6.07 Å². The van der Waals surface area contributed by atoms with Gasteiger partial charge < -0.3 is 4.42 Å². The molecule has 1 nitrogen and oxygen atoms in total. The normalized spacial score (nSPS) is 15.8. The van der Waals surface area contributed by atoms with Crippen molar-refractivity contribution in [2.75, 3.05) is 0 Å². The van der Waals surface area contributed by atoms with Crippen LogP contribution in [0.2, 0.25) is 0 Å². The van der Waals surface area contributed by atoms with E-state index in [0.717, 1.165) is 49.0 Å². The van der Waals surface area contributed by atoms with Crippen LogP contribution in [0.15, 0.2) is 186 Å². The van der Waals surface area contributed by atoms with Crippen LogP contribution in [0.25, 0.3) is 109 Å². The second-order valence-electron chi connectivity index (χ2n) is 12.5. The number of hydrogen-bond acceptors (Lipinski definition) is 1. The molecule has 51 heavy (non-hydrogen) atoms. The smallest absolute Gasteiger partial charge is 0.143 e. The van der Waals surface area contributed by atoms with Gasteiger partial charge in [-0.15, -0.1) is 0 Å². The number of hydrogen-bond donors (Lipinski definition) is 0. The molecular formula is C50H30O. The van der Waals surface area contributed by atoms with Gasteiger partial charge in [-0.1, -0.05) is 163 Å². The fraction of sp³-hybridized carbons (Fsp3) is 0. The monoisotopic (exact) mass is 660 g/mol. The van der Waals surface area contributed by atoms with Crippen molar-refractivity contribution in [1.29, 1.82) is 0 Å². The van der Waals surface area contributed by atoms with E-state index in [9.17, 15) is 5.48 Å². The zero-order valence-corrected chi connectivity index (χ0v) is 26.6. The van der Waals surface area contributed by atoms with Gasteiger partial charge in [0.25, 0.3) is 0 Å². The maximum atomic E-state index is 9.45. The molecule has 0 aliphatic rings. The molecule has 0 amide bonds. The fourth-order valence-electron chi connectivity index (χ4n) is 7.60. The van der Waals surface area contributed by atoms with E-state index >= 15 is 0 Å². The lowest BCUT2D eigenvalue weighted by molar-refractivity contribution is 0.670. The average molecular weight is 661 g/mol. The summed E-state index contributed by atoms with van der Waals surface area (Å²) < 4.78 is 132. The number of benzene rings is 10. The Morgan fingerprint density at radius 1 is 0.373 bits per heavy atom. The molecule has 0 atom stereocenters. The molecule has 1 aromatic heterocycles. The van der Waals surface area contributed by atoms with Crippen molar-refractivity contribution in [2.45, 2.75) is 0 Å². The van der Waals surface area contributed by atoms with Crippen LogP contribution in [0.4, 0.5) is 0 Å². The van der Waals surface area contributed by atoms with Crippen molar-refractivity contribution in [3.8, 4) is 33.4 Å². The van der Waals surface area contributed by atoms with Gasteiger partial charge in [-0.2, -0.15) is 0 Å². The highest BCUT2D eigenvalue weighted by molar-refractivity contribution is 6.24. The summed E-state index contributed by atoms with van der Waals surface area (Å²) in [5.41, 5.74) is 3.15. The van der Waals surface area contributed by atoms with Gasteiger partial charge >= 0.3 is 0 Å². The van der Waals surface area contributed by atoms with E-state index < -0.39 is 84.6 Å². The maximum absolute atomic E-state index is 9.45. The quantitative estimate of drug-likeness (QED) is 0.172. The lowest BCUT2D eigenvalue weighted by Crippen LogP contribution is -1.91. The van der Waals surface area contributed by atoms with Gasteiger partial charge in [-0.25, -0.2) is 0 Å². The van der Waals surface area contributed by atoms with Gasteiger partial charge in [0.15, 0.2) is 0 Å². The first-order valence-corrected chi connectivity index (χ1v) is 16.4. The Labute approximate surface area is 314 Å². The van der Waals surface area contributed by atoms with Crippen LogP contribution >= 0.6 is 0 Å². The van der Waals surface area contributed by atoms with E-state index in [4.69, 9.17) is 18.1 Å². The third-order valence-corrected chi connectivity index (χ3v) is 9.84. The molecule has 11 aromatic rings. The predicted octanol–water partition coefficient (Wildman–Crippen LogP) is 14.4. The minimum absolute atomic E-state index is 0.0110. The Balaban J connectivity index is 1.26. The number of furan rings is 1. The molecular weight excluding hydrogens is 617 g/mol. The lowest BCUT2D eigenvalue weighted by Gasteiger charge is -2.19. The van der Waals surface area contributed by atoms with E-state index in [2.05, 4.69) is 12.1 Å². The minimum atomic E-state index is -0.699. The van der Waals surface area contributed by atoms with Crippen molar-refractivity contribution in [3.63, 3.8) is 0 Å². The number of rotatable bonds is 3. The third-order valence-electron chi connectivity index (χ3n) is 9.84. The molecule has 236 valence electrons. The van der Waals surface area contributed by atoms with Crippen molar-refractivity contribution >= 4 is 75.8 Å². The van der Waals surface area contributed by atoms with Crippen molar-refractivity contribution in [3.05, 3.63) is 182 Å². The Morgan fingerprint density at radius 3 is 1.96 bits per heavy atom. The van der Waals surface area contributed by atoms with E-state index in [-0.39, 0.29) is 49.0 Å². The molecule has 0 saturated heterocycles. The van der Waals surface area contributed by atoms with Gasteiger partial charge in [0.2, 0.25) is 0 Å². The Morgan fingerprint density at radius 2 is 1.06 bits per heavy atom. The van der Waals surface area contributed by atoms with Gasteiger partial charge in [0, 0.05) is 16.3 Å². The Hall–Kier alpha value is -6.70. The molecule has 10 aromatic carbocycles. The first kappa shape index (κ1) is 17.8. The van der Waals surface area contributed by atoms with Crippen LogP contribution in [0, 0.1) is 0 Å². The second kappa shape index (κ2) is 10.9. The molecule has 11 rings (SSSR count). The van der Waals surface area contributed by atoms with Gasteiger partial charge in [0.1, 0.15) is 11.2 Å². The molecule has 0 aliphatic carbocycles. The van der Waals surface area contributed by atoms with Crippen LogP contribution in [-0.2, 0) is 0 Å². The summed E-state index contributed by atoms with van der Waals surface area (Å²) in [5.74, 6) is 0. The highest BCUT2D eigenvalue weighted by Crippen LogP contribution is 2.46. The van der Waals surface area contributed by atoms with Gasteiger partial charge in [0.05, 0.1) is 19.2 Å². The van der Waals surface area contributed by atoms with E-state index in [0.29, 0.717) is 11.1 Å². The third kappa shape index (κ3) is 4.22. The molecule has 0 N–H and O–H groups in total. The molecule has 0 radical (unpaired) electrons. The number of fused-ring (bicyclic) bond motifs is 9. The van der Waals surface area contributed by atoms with Crippen LogP contribution in [-0.4, -0.2) is 0 Å². The largest absolute Gasteiger partial charge is 0.455 e. The maximum Gasteiger partial charge on any atom is 0.143 e. The van der Waals surface area contributed by atoms with Gasteiger partial charge in [-0.3, -0.25) is 0 Å². The molecule has 0 unspecified atom stereocenters. The SMILES string of the molecule is [2H]c1cc2c(-c3c([2H])c([2H])c([2H])c4c([2H])c([2H])c([2H])c([2H])c34)c3c([2H])c([2H])c([2H])c([2H])c3c(-c3ccc4ccc(-c5cccc6c5oc5ccc7ccccc7c56)cc4c3)c2c([2H])c1[2H]. The minimum Gasteiger partial charge on any atom is -0.455 e. The summed E-state index contributed by atoms with van der Waals surface area (Å²) in [6, 6.07) is 22.4. The molecule has 0 spiro atoms. The summed E-state index contributed by atoms with van der Waals surface area (Å²) in [4.78, 5) is 0. The van der Waals surface area contributed by atoms with Gasteiger partial charge in [-0.05, 0) is 99.9 Å². The average Bonchev–Trinajstić information content (AvgIpc) is 3.71. The Kier molecular flexibility index (Phi) is 3.81. The molecule has 0 saturated carbocycles. The van der Waals surface area contributed by atoms with Crippen molar-refractivity contribution in [1.82, 2.24) is 0 Å². The standard InChI is InChI=1S/C50H30O/c1-3-14-37-32(11-1)13-9-21-40(37)48-43-18-7-5-16-41(43)47(42-17-6-8-19-44(42)48)35-26-24-31-23-25-34(29-36(31)30-35)39-20-10-22-45-49-38-15-4-2-12-33(38)27-28-46(49)51-50(39)45/h1-30H/i1D,3D,5D,6D,7D,8D,9D,11D,13D,14D,16D,17D,18D,21D. The second-order valence-corrected chi connectivity index (χ2v) is 12.5. The highest BCUT2D eigenvalue weighted by Gasteiger charge is 2.19. The van der Waals surface area contributed by atoms with Crippen molar-refractivity contribution < 1.29 is 23.6 Å². The molecule has 1 heteroatoms. The van der Waals surface area contributed by atoms with E-state index in [1.807, 2.05) is 72.8 Å². The highest BCUT2D eigenvalue weighted by atomic mass is 16.3. The first-order valence-electron chi connectivity index (χ1n) is 23.4. The molecule has 0 bridgehead atoms. The van der Waals surface area contributed by atoms with Crippen LogP contribution in [0.5, 0.6) is 0 Å². The summed E-state index contributed by atoms with van der Waals surface area (Å²) in [7, 11) is 0. The Bertz CT molecular complexity index is 4000. The van der Waals surface area contributed by atoms with Crippen molar-refractivity contribution in [2.24, 2.45) is 0 Å². The summed E-state index contributed by atoms with van der Waals surface area (Å²) in [6.07, 6.45) is 0. The van der Waals surface area contributed by atoms with Crippen LogP contribution in [0.3, 0.4) is 0 Å². The summed E-state index contributed by atoms with van der Waals surface area (Å²) >= 11 is 0. The predicted molar refractivity (Wildman–Crippen MR) is 218 cm³/mol. The number of para-hydroxylation sites is 1. The summed E-state index contributed by atoms with van der Waals surface area (Å²) in [5, 5.41) is 4.65. The zero-order valence-electron chi connectivity index (χ0n) is 40.6. The molecule has 1 heterocycles. The van der Waals surface area contributed by atoms with Crippen LogP contribution < -0.4 is 0 Å².